The molecule has 0 aliphatic carbocycles. The summed E-state index contributed by atoms with van der Waals surface area (Å²) in [6.45, 7) is 7.11. The van der Waals surface area contributed by atoms with E-state index in [2.05, 4.69) is 20.8 Å². The Kier molecular flexibility index (Phi) is 5.50. The molecule has 0 spiro atoms. The molecule has 0 aliphatic rings. The van der Waals surface area contributed by atoms with Gasteiger partial charge in [-0.05, 0) is 17.9 Å². The van der Waals surface area contributed by atoms with E-state index >= 15 is 0 Å². The lowest BCUT2D eigenvalue weighted by molar-refractivity contribution is -0.149. The van der Waals surface area contributed by atoms with Crippen LogP contribution in [-0.2, 0) is 6.54 Å². The zero-order chi connectivity index (χ0) is 12.0. The summed E-state index contributed by atoms with van der Waals surface area (Å²) in [4.78, 5) is 0. The molecule has 0 fully saturated rings. The SMILES string of the molecule is CC[C@H]([C@@H](C)CC)N(O)Cc1ccccc1. The van der Waals surface area contributed by atoms with Gasteiger partial charge >= 0.3 is 0 Å². The predicted molar refractivity (Wildman–Crippen MR) is 67.3 cm³/mol. The van der Waals surface area contributed by atoms with Crippen LogP contribution in [-0.4, -0.2) is 16.3 Å². The summed E-state index contributed by atoms with van der Waals surface area (Å²) in [6, 6.07) is 10.4. The molecule has 1 aromatic rings. The van der Waals surface area contributed by atoms with Crippen LogP contribution in [0.3, 0.4) is 0 Å². The number of rotatable bonds is 6. The molecule has 0 bridgehead atoms. The van der Waals surface area contributed by atoms with Crippen molar-refractivity contribution in [1.29, 1.82) is 0 Å². The predicted octanol–water partition coefficient (Wildman–Crippen LogP) is 3.70. The first-order chi connectivity index (χ1) is 7.69. The lowest BCUT2D eigenvalue weighted by Crippen LogP contribution is -2.36. The summed E-state index contributed by atoms with van der Waals surface area (Å²) in [5.41, 5.74) is 1.16. The summed E-state index contributed by atoms with van der Waals surface area (Å²) in [7, 11) is 0. The van der Waals surface area contributed by atoms with Crippen molar-refractivity contribution in [1.82, 2.24) is 5.06 Å². The topological polar surface area (TPSA) is 23.5 Å². The van der Waals surface area contributed by atoms with Gasteiger partial charge in [-0.25, -0.2) is 0 Å². The maximum Gasteiger partial charge on any atom is 0.0491 e. The first kappa shape index (κ1) is 13.2. The van der Waals surface area contributed by atoms with Crippen molar-refractivity contribution in [3.05, 3.63) is 35.9 Å². The van der Waals surface area contributed by atoms with Gasteiger partial charge in [-0.1, -0.05) is 57.5 Å². The molecule has 1 N–H and O–H groups in total. The minimum absolute atomic E-state index is 0.255. The van der Waals surface area contributed by atoms with Gasteiger partial charge in [-0.2, -0.15) is 5.06 Å². The smallest absolute Gasteiger partial charge is 0.0491 e. The van der Waals surface area contributed by atoms with Crippen LogP contribution in [0.15, 0.2) is 30.3 Å². The summed E-state index contributed by atoms with van der Waals surface area (Å²) < 4.78 is 0. The van der Waals surface area contributed by atoms with E-state index in [1.807, 2.05) is 30.3 Å². The van der Waals surface area contributed by atoms with Crippen LogP contribution in [0.5, 0.6) is 0 Å². The molecular weight excluding hydrogens is 198 g/mol. The molecule has 0 heterocycles. The molecule has 0 saturated heterocycles. The van der Waals surface area contributed by atoms with Gasteiger partial charge in [0.25, 0.3) is 0 Å². The summed E-state index contributed by atoms with van der Waals surface area (Å²) in [5, 5.41) is 11.6. The number of nitrogens with zero attached hydrogens (tertiary/aromatic N) is 1. The van der Waals surface area contributed by atoms with E-state index in [0.717, 1.165) is 18.4 Å². The van der Waals surface area contributed by atoms with Gasteiger partial charge in [0.1, 0.15) is 0 Å². The third-order valence-corrected chi connectivity index (χ3v) is 3.29. The quantitative estimate of drug-likeness (QED) is 0.740. The summed E-state index contributed by atoms with van der Waals surface area (Å²) >= 11 is 0. The highest BCUT2D eigenvalue weighted by Gasteiger charge is 2.20. The van der Waals surface area contributed by atoms with Crippen molar-refractivity contribution in [3.8, 4) is 0 Å². The number of hydrogen-bond acceptors (Lipinski definition) is 2. The molecule has 2 heteroatoms. The molecule has 2 nitrogen and oxygen atoms in total. The number of hydroxylamine groups is 2. The van der Waals surface area contributed by atoms with Crippen LogP contribution in [0.2, 0.25) is 0 Å². The molecule has 16 heavy (non-hydrogen) atoms. The second kappa shape index (κ2) is 6.66. The molecule has 0 radical (unpaired) electrons. The molecule has 1 rings (SSSR count). The normalized spacial score (nSPS) is 15.1. The van der Waals surface area contributed by atoms with E-state index < -0.39 is 0 Å². The maximum atomic E-state index is 10.1. The minimum atomic E-state index is 0.255. The highest BCUT2D eigenvalue weighted by Crippen LogP contribution is 2.18. The van der Waals surface area contributed by atoms with Crippen LogP contribution >= 0.6 is 0 Å². The van der Waals surface area contributed by atoms with Crippen LogP contribution in [0, 0.1) is 5.92 Å². The highest BCUT2D eigenvalue weighted by molar-refractivity contribution is 5.14. The van der Waals surface area contributed by atoms with E-state index in [1.165, 1.54) is 5.06 Å². The molecular formula is C14H23NO. The van der Waals surface area contributed by atoms with E-state index in [1.54, 1.807) is 0 Å². The zero-order valence-corrected chi connectivity index (χ0v) is 10.6. The van der Waals surface area contributed by atoms with Crippen LogP contribution in [0.4, 0.5) is 0 Å². The standard InChI is InChI=1S/C14H23NO/c1-4-12(3)14(5-2)15(16)11-13-9-7-6-8-10-13/h6-10,12,14,16H,4-5,11H2,1-3H3/t12-,14+/m0/s1. The number of benzene rings is 1. The molecule has 0 amide bonds. The van der Waals surface area contributed by atoms with Crippen molar-refractivity contribution in [3.63, 3.8) is 0 Å². The molecule has 1 aromatic carbocycles. The van der Waals surface area contributed by atoms with Crippen LogP contribution < -0.4 is 0 Å². The van der Waals surface area contributed by atoms with Crippen molar-refractivity contribution in [2.45, 2.75) is 46.2 Å². The minimum Gasteiger partial charge on any atom is -0.313 e. The van der Waals surface area contributed by atoms with Gasteiger partial charge in [0, 0.05) is 12.6 Å². The van der Waals surface area contributed by atoms with E-state index in [9.17, 15) is 5.21 Å². The van der Waals surface area contributed by atoms with Gasteiger partial charge < -0.3 is 5.21 Å². The highest BCUT2D eigenvalue weighted by atomic mass is 16.5. The fourth-order valence-corrected chi connectivity index (χ4v) is 2.07. The van der Waals surface area contributed by atoms with Gasteiger partial charge in [0.05, 0.1) is 0 Å². The van der Waals surface area contributed by atoms with Crippen LogP contribution in [0.25, 0.3) is 0 Å². The fourth-order valence-electron chi connectivity index (χ4n) is 2.07. The van der Waals surface area contributed by atoms with Crippen molar-refractivity contribution in [2.75, 3.05) is 0 Å². The lowest BCUT2D eigenvalue weighted by atomic mass is 9.96. The third-order valence-electron chi connectivity index (χ3n) is 3.29. The van der Waals surface area contributed by atoms with E-state index in [0.29, 0.717) is 12.5 Å². The zero-order valence-electron chi connectivity index (χ0n) is 10.6. The molecule has 2 atom stereocenters. The van der Waals surface area contributed by atoms with Crippen LogP contribution in [0.1, 0.15) is 39.2 Å². The Hall–Kier alpha value is -0.860. The second-order valence-electron chi connectivity index (χ2n) is 4.44. The molecule has 0 unspecified atom stereocenters. The van der Waals surface area contributed by atoms with Crippen molar-refractivity contribution >= 4 is 0 Å². The Morgan fingerprint density at radius 3 is 2.25 bits per heavy atom. The second-order valence-corrected chi connectivity index (χ2v) is 4.44. The molecule has 0 aliphatic heterocycles. The van der Waals surface area contributed by atoms with Crippen molar-refractivity contribution in [2.24, 2.45) is 5.92 Å². The Morgan fingerprint density at radius 2 is 1.75 bits per heavy atom. The largest absolute Gasteiger partial charge is 0.313 e. The Labute approximate surface area is 98.9 Å². The Bertz CT molecular complexity index is 286. The summed E-state index contributed by atoms with van der Waals surface area (Å²) in [5.74, 6) is 0.527. The van der Waals surface area contributed by atoms with E-state index in [-0.39, 0.29) is 6.04 Å². The third kappa shape index (κ3) is 3.62. The van der Waals surface area contributed by atoms with Gasteiger partial charge in [0.15, 0.2) is 0 Å². The van der Waals surface area contributed by atoms with E-state index in [4.69, 9.17) is 0 Å². The Morgan fingerprint density at radius 1 is 1.12 bits per heavy atom. The average Bonchev–Trinajstić information content (AvgIpc) is 2.31. The molecule has 0 saturated carbocycles. The van der Waals surface area contributed by atoms with Gasteiger partial charge in [-0.3, -0.25) is 0 Å². The first-order valence-electron chi connectivity index (χ1n) is 6.18. The summed E-state index contributed by atoms with van der Waals surface area (Å²) in [6.07, 6.45) is 2.09. The molecule has 0 aromatic heterocycles. The lowest BCUT2D eigenvalue weighted by Gasteiger charge is -2.29. The first-order valence-corrected chi connectivity index (χ1v) is 6.18. The monoisotopic (exact) mass is 221 g/mol. The maximum absolute atomic E-state index is 10.1. The Balaban J connectivity index is 2.59. The average molecular weight is 221 g/mol. The van der Waals surface area contributed by atoms with Gasteiger partial charge in [0.2, 0.25) is 0 Å². The molecule has 90 valence electrons. The van der Waals surface area contributed by atoms with Gasteiger partial charge in [-0.15, -0.1) is 0 Å². The van der Waals surface area contributed by atoms with Crippen molar-refractivity contribution < 1.29 is 5.21 Å². The fraction of sp³-hybridized carbons (Fsp3) is 0.571. The number of hydrogen-bond donors (Lipinski definition) is 1.